The smallest absolute Gasteiger partial charge is 0.129 e. The fourth-order valence-electron chi connectivity index (χ4n) is 3.50. The van der Waals surface area contributed by atoms with Gasteiger partial charge in [0.2, 0.25) is 0 Å². The summed E-state index contributed by atoms with van der Waals surface area (Å²) in [4.78, 5) is 2.61. The van der Waals surface area contributed by atoms with Gasteiger partial charge in [-0.05, 0) is 48.1 Å². The van der Waals surface area contributed by atoms with Crippen LogP contribution in [-0.2, 0) is 19.3 Å². The molecule has 0 aliphatic carbocycles. The number of rotatable bonds is 9. The Labute approximate surface area is 190 Å². The van der Waals surface area contributed by atoms with Crippen LogP contribution in [0.2, 0.25) is 19.6 Å². The van der Waals surface area contributed by atoms with Crippen molar-refractivity contribution >= 4 is 8.07 Å². The second kappa shape index (κ2) is 11.7. The lowest BCUT2D eigenvalue weighted by molar-refractivity contribution is 0.284. The van der Waals surface area contributed by atoms with E-state index in [2.05, 4.69) is 121 Å². The molecule has 0 saturated carbocycles. The third-order valence-corrected chi connectivity index (χ3v) is 6.25. The molecule has 0 saturated heterocycles. The standard InChI is InChI=1S/C29H35NSi/c1-31(2,3)25-21-29-16-14-28(15-17-29)20-24-30(22-18-26-10-6-4-7-11-26)23-19-27-12-8-5-9-13-27/h4-17H,18-20,22-24H2,1-3H3. The van der Waals surface area contributed by atoms with Crippen LogP contribution in [0.25, 0.3) is 0 Å². The molecule has 0 aliphatic rings. The van der Waals surface area contributed by atoms with Gasteiger partial charge in [-0.3, -0.25) is 0 Å². The molecule has 0 atom stereocenters. The van der Waals surface area contributed by atoms with Crippen molar-refractivity contribution in [3.63, 3.8) is 0 Å². The van der Waals surface area contributed by atoms with Crippen LogP contribution in [0.4, 0.5) is 0 Å². The lowest BCUT2D eigenvalue weighted by atomic mass is 10.1. The lowest BCUT2D eigenvalue weighted by Gasteiger charge is -2.22. The highest BCUT2D eigenvalue weighted by molar-refractivity contribution is 6.83. The van der Waals surface area contributed by atoms with Crippen LogP contribution in [0.5, 0.6) is 0 Å². The average molecular weight is 426 g/mol. The van der Waals surface area contributed by atoms with Crippen molar-refractivity contribution in [3.05, 3.63) is 107 Å². The quantitative estimate of drug-likeness (QED) is 0.289. The number of nitrogens with zero attached hydrogens (tertiary/aromatic N) is 1. The number of hydrogen-bond acceptors (Lipinski definition) is 1. The van der Waals surface area contributed by atoms with Crippen LogP contribution in [0.15, 0.2) is 84.9 Å². The second-order valence-electron chi connectivity index (χ2n) is 9.26. The Balaban J connectivity index is 1.58. The summed E-state index contributed by atoms with van der Waals surface area (Å²) in [5.74, 6) is 3.35. The van der Waals surface area contributed by atoms with Gasteiger partial charge in [0.05, 0.1) is 0 Å². The van der Waals surface area contributed by atoms with Crippen LogP contribution in [0.1, 0.15) is 22.3 Å². The maximum Gasteiger partial charge on any atom is 0.129 e. The molecule has 0 spiro atoms. The Morgan fingerprint density at radius 2 is 1.00 bits per heavy atom. The predicted octanol–water partition coefficient (Wildman–Crippen LogP) is 6.25. The zero-order valence-corrected chi connectivity index (χ0v) is 20.3. The second-order valence-corrected chi connectivity index (χ2v) is 14.0. The summed E-state index contributed by atoms with van der Waals surface area (Å²) in [6, 6.07) is 30.5. The Kier molecular flexibility index (Phi) is 8.70. The summed E-state index contributed by atoms with van der Waals surface area (Å²) >= 11 is 0. The summed E-state index contributed by atoms with van der Waals surface area (Å²) < 4.78 is 0. The van der Waals surface area contributed by atoms with Gasteiger partial charge in [-0.15, -0.1) is 5.54 Å². The first-order chi connectivity index (χ1) is 15.0. The average Bonchev–Trinajstić information content (AvgIpc) is 2.79. The summed E-state index contributed by atoms with van der Waals surface area (Å²) in [5.41, 5.74) is 8.81. The van der Waals surface area contributed by atoms with E-state index in [1.54, 1.807) is 0 Å². The largest absolute Gasteiger partial charge is 0.302 e. The Bertz CT molecular complexity index is 917. The van der Waals surface area contributed by atoms with Crippen molar-refractivity contribution in [1.29, 1.82) is 0 Å². The van der Waals surface area contributed by atoms with Crippen LogP contribution < -0.4 is 0 Å². The fourth-order valence-corrected chi connectivity index (χ4v) is 4.02. The van der Waals surface area contributed by atoms with E-state index in [0.29, 0.717) is 0 Å². The first-order valence-corrected chi connectivity index (χ1v) is 14.9. The molecule has 0 aromatic heterocycles. The summed E-state index contributed by atoms with van der Waals surface area (Å²) in [5, 5.41) is 0. The normalized spacial score (nSPS) is 11.2. The minimum atomic E-state index is -1.33. The molecule has 3 aromatic carbocycles. The van der Waals surface area contributed by atoms with E-state index >= 15 is 0 Å². The van der Waals surface area contributed by atoms with Crippen molar-refractivity contribution in [3.8, 4) is 11.5 Å². The summed E-state index contributed by atoms with van der Waals surface area (Å²) in [6.45, 7) is 10.1. The van der Waals surface area contributed by atoms with Crippen molar-refractivity contribution < 1.29 is 0 Å². The van der Waals surface area contributed by atoms with Gasteiger partial charge < -0.3 is 4.90 Å². The molecule has 0 heterocycles. The van der Waals surface area contributed by atoms with E-state index in [1.807, 2.05) is 0 Å². The molecule has 31 heavy (non-hydrogen) atoms. The SMILES string of the molecule is C[Si](C)(C)C#Cc1ccc(CCN(CCc2ccccc2)CCc2ccccc2)cc1. The van der Waals surface area contributed by atoms with Gasteiger partial charge in [0.25, 0.3) is 0 Å². The monoisotopic (exact) mass is 425 g/mol. The molecule has 2 heteroatoms. The molecule has 3 rings (SSSR count). The van der Waals surface area contributed by atoms with Crippen LogP contribution in [0.3, 0.4) is 0 Å². The number of hydrogen-bond donors (Lipinski definition) is 0. The van der Waals surface area contributed by atoms with Crippen LogP contribution in [-0.4, -0.2) is 32.6 Å². The van der Waals surface area contributed by atoms with Crippen molar-refractivity contribution in [2.75, 3.05) is 19.6 Å². The topological polar surface area (TPSA) is 3.24 Å². The molecule has 0 N–H and O–H groups in total. The maximum atomic E-state index is 3.45. The molecule has 0 unspecified atom stereocenters. The minimum absolute atomic E-state index is 1.07. The fraction of sp³-hybridized carbons (Fsp3) is 0.310. The van der Waals surface area contributed by atoms with Crippen LogP contribution >= 0.6 is 0 Å². The van der Waals surface area contributed by atoms with Gasteiger partial charge in [-0.1, -0.05) is 98.4 Å². The van der Waals surface area contributed by atoms with E-state index < -0.39 is 8.07 Å². The van der Waals surface area contributed by atoms with Gasteiger partial charge in [0.1, 0.15) is 8.07 Å². The maximum absolute atomic E-state index is 3.45. The van der Waals surface area contributed by atoms with Gasteiger partial charge in [0, 0.05) is 25.2 Å². The molecule has 0 radical (unpaired) electrons. The molecular weight excluding hydrogens is 390 g/mol. The Morgan fingerprint density at radius 3 is 1.42 bits per heavy atom. The van der Waals surface area contributed by atoms with Crippen molar-refractivity contribution in [2.45, 2.75) is 38.9 Å². The minimum Gasteiger partial charge on any atom is -0.302 e. The van der Waals surface area contributed by atoms with Crippen molar-refractivity contribution in [2.24, 2.45) is 0 Å². The molecular formula is C29H35NSi. The third-order valence-electron chi connectivity index (χ3n) is 5.37. The zero-order valence-electron chi connectivity index (χ0n) is 19.3. The van der Waals surface area contributed by atoms with E-state index in [9.17, 15) is 0 Å². The van der Waals surface area contributed by atoms with Gasteiger partial charge in [-0.2, -0.15) is 0 Å². The highest BCUT2D eigenvalue weighted by Crippen LogP contribution is 2.09. The molecule has 0 aliphatic heterocycles. The van der Waals surface area contributed by atoms with Gasteiger partial charge >= 0.3 is 0 Å². The Hall–Kier alpha value is -2.60. The zero-order chi connectivity index (χ0) is 21.9. The van der Waals surface area contributed by atoms with E-state index in [-0.39, 0.29) is 0 Å². The first-order valence-electron chi connectivity index (χ1n) is 11.4. The van der Waals surface area contributed by atoms with Gasteiger partial charge in [0.15, 0.2) is 0 Å². The van der Waals surface area contributed by atoms with Crippen LogP contribution in [0, 0.1) is 11.5 Å². The summed E-state index contributed by atoms with van der Waals surface area (Å²) in [7, 11) is -1.33. The number of benzene rings is 3. The van der Waals surface area contributed by atoms with E-state index in [0.717, 1.165) is 44.5 Å². The highest BCUT2D eigenvalue weighted by atomic mass is 28.3. The van der Waals surface area contributed by atoms with Crippen molar-refractivity contribution in [1.82, 2.24) is 4.90 Å². The molecule has 1 nitrogen and oxygen atoms in total. The van der Waals surface area contributed by atoms with E-state index in [4.69, 9.17) is 0 Å². The molecule has 160 valence electrons. The van der Waals surface area contributed by atoms with Gasteiger partial charge in [-0.25, -0.2) is 0 Å². The predicted molar refractivity (Wildman–Crippen MR) is 137 cm³/mol. The third kappa shape index (κ3) is 8.97. The Morgan fingerprint density at radius 1 is 0.581 bits per heavy atom. The molecule has 3 aromatic rings. The van der Waals surface area contributed by atoms with E-state index in [1.165, 1.54) is 16.7 Å². The molecule has 0 bridgehead atoms. The summed E-state index contributed by atoms with van der Waals surface area (Å²) in [6.07, 6.45) is 3.27. The molecule has 0 amide bonds. The first kappa shape index (κ1) is 23.1. The lowest BCUT2D eigenvalue weighted by Crippen LogP contribution is -2.30. The highest BCUT2D eigenvalue weighted by Gasteiger charge is 2.08. The molecule has 0 fully saturated rings.